The predicted molar refractivity (Wildman–Crippen MR) is 88.4 cm³/mol. The SMILES string of the molecule is NC[C@@H]1CN(C(=O)Cc2c(F)cccc2F)C[C@H]1c1ccccc1. The van der Waals surface area contributed by atoms with Crippen LogP contribution in [0.1, 0.15) is 17.0 Å². The van der Waals surface area contributed by atoms with E-state index in [1.165, 1.54) is 18.2 Å². The van der Waals surface area contributed by atoms with Crippen LogP contribution in [0.4, 0.5) is 8.78 Å². The van der Waals surface area contributed by atoms with Crippen LogP contribution in [0.2, 0.25) is 0 Å². The molecule has 126 valence electrons. The molecule has 0 radical (unpaired) electrons. The molecule has 24 heavy (non-hydrogen) atoms. The fourth-order valence-corrected chi connectivity index (χ4v) is 3.36. The Morgan fingerprint density at radius 1 is 1.04 bits per heavy atom. The number of benzene rings is 2. The van der Waals surface area contributed by atoms with E-state index in [1.807, 2.05) is 30.3 Å². The molecule has 1 heterocycles. The summed E-state index contributed by atoms with van der Waals surface area (Å²) in [4.78, 5) is 14.2. The van der Waals surface area contributed by atoms with Crippen molar-refractivity contribution in [2.45, 2.75) is 12.3 Å². The smallest absolute Gasteiger partial charge is 0.227 e. The minimum Gasteiger partial charge on any atom is -0.341 e. The standard InChI is InChI=1S/C19H20F2N2O/c20-17-7-4-8-18(21)15(17)9-19(24)23-11-14(10-22)16(12-23)13-5-2-1-3-6-13/h1-8,14,16H,9-12,22H2/t14-,16+/m1/s1. The summed E-state index contributed by atoms with van der Waals surface area (Å²) in [5, 5.41) is 0. The average Bonchev–Trinajstić information content (AvgIpc) is 3.03. The second-order valence-electron chi connectivity index (χ2n) is 6.19. The number of carbonyl (C=O) groups is 1. The van der Waals surface area contributed by atoms with Crippen LogP contribution in [0.15, 0.2) is 48.5 Å². The third-order valence-corrected chi connectivity index (χ3v) is 4.71. The lowest BCUT2D eigenvalue weighted by Gasteiger charge is -2.17. The Hall–Kier alpha value is -2.27. The molecule has 0 aliphatic carbocycles. The van der Waals surface area contributed by atoms with E-state index in [2.05, 4.69) is 0 Å². The molecule has 0 unspecified atom stereocenters. The predicted octanol–water partition coefficient (Wildman–Crippen LogP) is 2.71. The van der Waals surface area contributed by atoms with Crippen LogP contribution in [0.3, 0.4) is 0 Å². The number of hydrogen-bond donors (Lipinski definition) is 1. The summed E-state index contributed by atoms with van der Waals surface area (Å²) in [7, 11) is 0. The number of rotatable bonds is 4. The van der Waals surface area contributed by atoms with Crippen molar-refractivity contribution in [3.05, 3.63) is 71.3 Å². The number of nitrogens with two attached hydrogens (primary N) is 1. The van der Waals surface area contributed by atoms with Crippen LogP contribution < -0.4 is 5.73 Å². The van der Waals surface area contributed by atoms with Crippen molar-refractivity contribution >= 4 is 5.91 Å². The van der Waals surface area contributed by atoms with E-state index in [9.17, 15) is 13.6 Å². The van der Waals surface area contributed by atoms with Crippen molar-refractivity contribution in [1.29, 1.82) is 0 Å². The summed E-state index contributed by atoms with van der Waals surface area (Å²) in [5.41, 5.74) is 6.83. The molecule has 2 aromatic rings. The summed E-state index contributed by atoms with van der Waals surface area (Å²) in [6.45, 7) is 1.52. The fraction of sp³-hybridized carbons (Fsp3) is 0.316. The minimum atomic E-state index is -0.683. The third-order valence-electron chi connectivity index (χ3n) is 4.71. The molecule has 3 rings (SSSR count). The van der Waals surface area contributed by atoms with Crippen LogP contribution in [-0.4, -0.2) is 30.4 Å². The van der Waals surface area contributed by atoms with Gasteiger partial charge in [-0.05, 0) is 30.2 Å². The summed E-state index contributed by atoms with van der Waals surface area (Å²) in [6, 6.07) is 13.6. The van der Waals surface area contributed by atoms with Gasteiger partial charge in [0.25, 0.3) is 0 Å². The lowest BCUT2D eigenvalue weighted by atomic mass is 9.89. The molecule has 5 heteroatoms. The van der Waals surface area contributed by atoms with E-state index in [0.717, 1.165) is 5.56 Å². The van der Waals surface area contributed by atoms with E-state index in [0.29, 0.717) is 19.6 Å². The molecule has 2 atom stereocenters. The van der Waals surface area contributed by atoms with Crippen molar-refractivity contribution < 1.29 is 13.6 Å². The molecule has 1 amide bonds. The summed E-state index contributed by atoms with van der Waals surface area (Å²) < 4.78 is 27.5. The molecule has 0 bridgehead atoms. The van der Waals surface area contributed by atoms with Gasteiger partial charge in [0.15, 0.2) is 0 Å². The van der Waals surface area contributed by atoms with Gasteiger partial charge in [-0.15, -0.1) is 0 Å². The largest absolute Gasteiger partial charge is 0.341 e. The van der Waals surface area contributed by atoms with Crippen LogP contribution in [0.5, 0.6) is 0 Å². The van der Waals surface area contributed by atoms with Gasteiger partial charge >= 0.3 is 0 Å². The molecular weight excluding hydrogens is 310 g/mol. The monoisotopic (exact) mass is 330 g/mol. The lowest BCUT2D eigenvalue weighted by Crippen LogP contribution is -2.31. The van der Waals surface area contributed by atoms with Gasteiger partial charge in [-0.25, -0.2) is 8.78 Å². The Labute approximate surface area is 140 Å². The van der Waals surface area contributed by atoms with E-state index in [4.69, 9.17) is 5.73 Å². The number of hydrogen-bond acceptors (Lipinski definition) is 2. The number of halogens is 2. The van der Waals surface area contributed by atoms with Crippen LogP contribution >= 0.6 is 0 Å². The highest BCUT2D eigenvalue weighted by Crippen LogP contribution is 2.32. The van der Waals surface area contributed by atoms with Gasteiger partial charge in [-0.2, -0.15) is 0 Å². The number of amides is 1. The average molecular weight is 330 g/mol. The Morgan fingerprint density at radius 3 is 2.33 bits per heavy atom. The minimum absolute atomic E-state index is 0.154. The molecule has 0 saturated carbocycles. The first-order chi connectivity index (χ1) is 11.6. The van der Waals surface area contributed by atoms with Crippen molar-refractivity contribution in [3.8, 4) is 0 Å². The third kappa shape index (κ3) is 3.31. The topological polar surface area (TPSA) is 46.3 Å². The van der Waals surface area contributed by atoms with Gasteiger partial charge in [0.1, 0.15) is 11.6 Å². The first kappa shape index (κ1) is 16.6. The second-order valence-corrected chi connectivity index (χ2v) is 6.19. The number of likely N-dealkylation sites (tertiary alicyclic amines) is 1. The van der Waals surface area contributed by atoms with Gasteiger partial charge < -0.3 is 10.6 Å². The Kier molecular flexibility index (Phi) is 4.90. The summed E-state index contributed by atoms with van der Waals surface area (Å²) in [6.07, 6.45) is -0.267. The van der Waals surface area contributed by atoms with Crippen LogP contribution in [0, 0.1) is 17.6 Å². The van der Waals surface area contributed by atoms with Gasteiger partial charge in [-0.1, -0.05) is 36.4 Å². The maximum absolute atomic E-state index is 13.8. The highest BCUT2D eigenvalue weighted by atomic mass is 19.1. The molecule has 1 aliphatic heterocycles. The zero-order valence-electron chi connectivity index (χ0n) is 13.3. The van der Waals surface area contributed by atoms with E-state index < -0.39 is 11.6 Å². The maximum atomic E-state index is 13.8. The van der Waals surface area contributed by atoms with Gasteiger partial charge in [0.2, 0.25) is 5.91 Å². The van der Waals surface area contributed by atoms with Gasteiger partial charge in [-0.3, -0.25) is 4.79 Å². The fourth-order valence-electron chi connectivity index (χ4n) is 3.36. The van der Waals surface area contributed by atoms with Crippen LogP contribution in [0.25, 0.3) is 0 Å². The zero-order chi connectivity index (χ0) is 17.1. The first-order valence-electron chi connectivity index (χ1n) is 8.05. The van der Waals surface area contributed by atoms with Gasteiger partial charge in [0.05, 0.1) is 6.42 Å². The van der Waals surface area contributed by atoms with E-state index >= 15 is 0 Å². The quantitative estimate of drug-likeness (QED) is 0.937. The molecule has 2 N–H and O–H groups in total. The molecule has 0 spiro atoms. The van der Waals surface area contributed by atoms with Crippen LogP contribution in [-0.2, 0) is 11.2 Å². The Bertz CT molecular complexity index is 700. The normalized spacial score (nSPS) is 20.4. The molecule has 0 aromatic heterocycles. The highest BCUT2D eigenvalue weighted by Gasteiger charge is 2.35. The summed E-state index contributed by atoms with van der Waals surface area (Å²) in [5.74, 6) is -1.32. The summed E-state index contributed by atoms with van der Waals surface area (Å²) >= 11 is 0. The Morgan fingerprint density at radius 2 is 1.71 bits per heavy atom. The number of nitrogens with zero attached hydrogens (tertiary/aromatic N) is 1. The zero-order valence-corrected chi connectivity index (χ0v) is 13.3. The highest BCUT2D eigenvalue weighted by molar-refractivity contribution is 5.79. The lowest BCUT2D eigenvalue weighted by molar-refractivity contribution is -0.129. The van der Waals surface area contributed by atoms with Crippen molar-refractivity contribution in [1.82, 2.24) is 4.90 Å². The maximum Gasteiger partial charge on any atom is 0.227 e. The Balaban J connectivity index is 1.75. The van der Waals surface area contributed by atoms with E-state index in [1.54, 1.807) is 4.90 Å². The molecule has 3 nitrogen and oxygen atoms in total. The van der Waals surface area contributed by atoms with Gasteiger partial charge in [0, 0.05) is 24.6 Å². The van der Waals surface area contributed by atoms with Crippen molar-refractivity contribution in [2.75, 3.05) is 19.6 Å². The van der Waals surface area contributed by atoms with E-state index in [-0.39, 0.29) is 29.7 Å². The van der Waals surface area contributed by atoms with Crippen molar-refractivity contribution in [2.24, 2.45) is 11.7 Å². The molecule has 1 fully saturated rings. The molecule has 1 saturated heterocycles. The first-order valence-corrected chi connectivity index (χ1v) is 8.05. The number of carbonyl (C=O) groups excluding carboxylic acids is 1. The molecular formula is C19H20F2N2O. The molecule has 1 aliphatic rings. The van der Waals surface area contributed by atoms with Crippen molar-refractivity contribution in [3.63, 3.8) is 0 Å². The second kappa shape index (κ2) is 7.09. The molecule has 2 aromatic carbocycles.